The lowest BCUT2D eigenvalue weighted by molar-refractivity contribution is 0.242. The van der Waals surface area contributed by atoms with Crippen molar-refractivity contribution in [2.24, 2.45) is 0 Å². The molecular weight excluding hydrogens is 334 g/mol. The summed E-state index contributed by atoms with van der Waals surface area (Å²) in [6, 6.07) is 22.1. The van der Waals surface area contributed by atoms with Crippen LogP contribution in [0.3, 0.4) is 0 Å². The van der Waals surface area contributed by atoms with Crippen molar-refractivity contribution in [1.82, 2.24) is 9.97 Å². The number of ether oxygens (including phenoxy) is 1. The number of allylic oxidation sites excluding steroid dienone is 1. The summed E-state index contributed by atoms with van der Waals surface area (Å²) >= 11 is 0. The summed E-state index contributed by atoms with van der Waals surface area (Å²) in [6.07, 6.45) is 1.90. The third kappa shape index (κ3) is 3.28. The van der Waals surface area contributed by atoms with E-state index in [0.717, 1.165) is 33.1 Å². The first-order valence-electron chi connectivity index (χ1n) is 8.91. The van der Waals surface area contributed by atoms with Crippen molar-refractivity contribution in [3.63, 3.8) is 0 Å². The maximum absolute atomic E-state index is 9.79. The summed E-state index contributed by atoms with van der Waals surface area (Å²) in [7, 11) is 0. The van der Waals surface area contributed by atoms with Crippen molar-refractivity contribution in [3.05, 3.63) is 72.1 Å². The molecule has 0 spiro atoms. The lowest BCUT2D eigenvalue weighted by atomic mass is 10.0. The van der Waals surface area contributed by atoms with Crippen LogP contribution < -0.4 is 4.74 Å². The number of hydrogen-bond acceptors (Lipinski definition) is 3. The van der Waals surface area contributed by atoms with Crippen LogP contribution in [0.25, 0.3) is 33.5 Å². The van der Waals surface area contributed by atoms with Crippen LogP contribution in [0.4, 0.5) is 0 Å². The second-order valence-electron chi connectivity index (χ2n) is 6.64. The van der Waals surface area contributed by atoms with Gasteiger partial charge in [0.2, 0.25) is 0 Å². The quantitative estimate of drug-likeness (QED) is 0.488. The summed E-state index contributed by atoms with van der Waals surface area (Å²) in [5, 5.41) is 11.9. The molecule has 0 amide bonds. The number of H-pyrrole nitrogens is 1. The van der Waals surface area contributed by atoms with Crippen LogP contribution in [0.5, 0.6) is 5.75 Å². The number of hydrogen-bond donors (Lipinski definition) is 1. The van der Waals surface area contributed by atoms with Crippen LogP contribution in [0.2, 0.25) is 0 Å². The lowest BCUT2D eigenvalue weighted by Crippen LogP contribution is -2.06. The van der Waals surface area contributed by atoms with E-state index in [1.165, 1.54) is 0 Å². The van der Waals surface area contributed by atoms with Crippen LogP contribution in [0.1, 0.15) is 25.2 Å². The molecule has 4 nitrogen and oxygen atoms in total. The Balaban J connectivity index is 1.92. The van der Waals surface area contributed by atoms with Gasteiger partial charge in [-0.3, -0.25) is 0 Å². The predicted molar refractivity (Wildman–Crippen MR) is 109 cm³/mol. The molecule has 0 radical (unpaired) electrons. The van der Waals surface area contributed by atoms with Gasteiger partial charge in [0.25, 0.3) is 0 Å². The van der Waals surface area contributed by atoms with E-state index in [-0.39, 0.29) is 6.10 Å². The topological polar surface area (TPSA) is 61.7 Å². The predicted octanol–water partition coefficient (Wildman–Crippen LogP) is 5.57. The van der Waals surface area contributed by atoms with Crippen LogP contribution in [-0.4, -0.2) is 16.1 Å². The first-order valence-corrected chi connectivity index (χ1v) is 8.91. The number of nitrogens with one attached hydrogen (secondary N) is 1. The molecule has 0 atom stereocenters. The van der Waals surface area contributed by atoms with E-state index in [4.69, 9.17) is 4.74 Å². The molecular formula is C23H19N3O. The molecule has 1 heterocycles. The molecule has 0 saturated heterocycles. The minimum Gasteiger partial charge on any atom is -0.490 e. The standard InChI is InChI=1S/C23H19N3O/c1-15(2)27-22-12-11-16-7-3-4-8-18(16)19(22)13-17(14-24)23-25-20-9-5-6-10-21(20)26-23/h3-13,15H,1-2H3,(H,25,26). The van der Waals surface area contributed by atoms with Gasteiger partial charge in [-0.05, 0) is 48.9 Å². The highest BCUT2D eigenvalue weighted by atomic mass is 16.5. The fourth-order valence-corrected chi connectivity index (χ4v) is 3.16. The van der Waals surface area contributed by atoms with Gasteiger partial charge in [0.1, 0.15) is 17.6 Å². The van der Waals surface area contributed by atoms with Crippen molar-refractivity contribution < 1.29 is 4.74 Å². The van der Waals surface area contributed by atoms with Crippen molar-refractivity contribution in [2.45, 2.75) is 20.0 Å². The van der Waals surface area contributed by atoms with Crippen LogP contribution >= 0.6 is 0 Å². The second kappa shape index (κ2) is 6.97. The largest absolute Gasteiger partial charge is 0.490 e. The molecule has 1 N–H and O–H groups in total. The third-order valence-corrected chi connectivity index (χ3v) is 4.35. The summed E-state index contributed by atoms with van der Waals surface area (Å²) in [6.45, 7) is 3.99. The van der Waals surface area contributed by atoms with E-state index in [1.54, 1.807) is 0 Å². The van der Waals surface area contributed by atoms with Crippen molar-refractivity contribution in [1.29, 1.82) is 5.26 Å². The van der Waals surface area contributed by atoms with Crippen LogP contribution in [-0.2, 0) is 0 Å². The average Bonchev–Trinajstić information content (AvgIpc) is 3.10. The number of nitriles is 1. The van der Waals surface area contributed by atoms with Crippen molar-refractivity contribution in [2.75, 3.05) is 0 Å². The number of benzene rings is 3. The van der Waals surface area contributed by atoms with E-state index < -0.39 is 0 Å². The summed E-state index contributed by atoms with van der Waals surface area (Å²) in [5.41, 5.74) is 3.10. The van der Waals surface area contributed by atoms with E-state index >= 15 is 0 Å². The Bertz CT molecular complexity index is 1160. The summed E-state index contributed by atoms with van der Waals surface area (Å²) in [4.78, 5) is 7.80. The SMILES string of the molecule is CC(C)Oc1ccc2ccccc2c1C=C(C#N)c1nc2ccccc2[nH]1. The molecule has 4 aromatic rings. The van der Waals surface area contributed by atoms with E-state index in [2.05, 4.69) is 22.1 Å². The Hall–Kier alpha value is -3.58. The zero-order valence-electron chi connectivity index (χ0n) is 15.2. The van der Waals surface area contributed by atoms with Gasteiger partial charge in [-0.1, -0.05) is 42.5 Å². The van der Waals surface area contributed by atoms with E-state index in [1.807, 2.05) is 74.5 Å². The van der Waals surface area contributed by atoms with Crippen molar-refractivity contribution in [3.8, 4) is 11.8 Å². The number of fused-ring (bicyclic) bond motifs is 2. The highest BCUT2D eigenvalue weighted by molar-refractivity contribution is 6.00. The molecule has 0 bridgehead atoms. The van der Waals surface area contributed by atoms with Gasteiger partial charge in [-0.15, -0.1) is 0 Å². The Labute approximate surface area is 157 Å². The first-order chi connectivity index (χ1) is 13.2. The Morgan fingerprint density at radius 2 is 1.85 bits per heavy atom. The average molecular weight is 353 g/mol. The minimum atomic E-state index is 0.0371. The number of aromatic nitrogens is 2. The highest BCUT2D eigenvalue weighted by Gasteiger charge is 2.13. The zero-order chi connectivity index (χ0) is 18.8. The Morgan fingerprint density at radius 3 is 2.63 bits per heavy atom. The van der Waals surface area contributed by atoms with Gasteiger partial charge in [-0.2, -0.15) is 5.26 Å². The Morgan fingerprint density at radius 1 is 1.07 bits per heavy atom. The zero-order valence-corrected chi connectivity index (χ0v) is 15.2. The summed E-state index contributed by atoms with van der Waals surface area (Å²) < 4.78 is 6.01. The minimum absolute atomic E-state index is 0.0371. The first kappa shape index (κ1) is 16.9. The van der Waals surface area contributed by atoms with Crippen LogP contribution in [0.15, 0.2) is 60.7 Å². The molecule has 0 fully saturated rings. The van der Waals surface area contributed by atoms with Crippen molar-refractivity contribution >= 4 is 33.5 Å². The molecule has 4 rings (SSSR count). The number of rotatable bonds is 4. The van der Waals surface area contributed by atoms with Crippen LogP contribution in [0, 0.1) is 11.3 Å². The number of para-hydroxylation sites is 2. The van der Waals surface area contributed by atoms with Gasteiger partial charge < -0.3 is 9.72 Å². The van der Waals surface area contributed by atoms with E-state index in [9.17, 15) is 5.26 Å². The number of imidazole rings is 1. The maximum Gasteiger partial charge on any atom is 0.149 e. The van der Waals surface area contributed by atoms with Gasteiger partial charge >= 0.3 is 0 Å². The van der Waals surface area contributed by atoms with Gasteiger partial charge in [0.15, 0.2) is 0 Å². The van der Waals surface area contributed by atoms with Gasteiger partial charge in [-0.25, -0.2) is 4.98 Å². The Kier molecular flexibility index (Phi) is 4.35. The molecule has 132 valence electrons. The normalized spacial score (nSPS) is 11.9. The smallest absolute Gasteiger partial charge is 0.149 e. The number of nitrogens with zero attached hydrogens (tertiary/aromatic N) is 2. The summed E-state index contributed by atoms with van der Waals surface area (Å²) in [5.74, 6) is 1.31. The maximum atomic E-state index is 9.79. The molecule has 4 heteroatoms. The monoisotopic (exact) mass is 353 g/mol. The van der Waals surface area contributed by atoms with E-state index in [0.29, 0.717) is 11.4 Å². The molecule has 0 aliphatic heterocycles. The molecule has 0 unspecified atom stereocenters. The fourth-order valence-electron chi connectivity index (χ4n) is 3.16. The highest BCUT2D eigenvalue weighted by Crippen LogP contribution is 2.32. The lowest BCUT2D eigenvalue weighted by Gasteiger charge is -2.15. The number of aromatic amines is 1. The van der Waals surface area contributed by atoms with Gasteiger partial charge in [0, 0.05) is 5.56 Å². The second-order valence-corrected chi connectivity index (χ2v) is 6.64. The molecule has 1 aromatic heterocycles. The van der Waals surface area contributed by atoms with Gasteiger partial charge in [0.05, 0.1) is 22.7 Å². The molecule has 27 heavy (non-hydrogen) atoms. The molecule has 0 saturated carbocycles. The molecule has 0 aliphatic rings. The molecule has 0 aliphatic carbocycles. The molecule has 3 aromatic carbocycles. The fraction of sp³-hybridized carbons (Fsp3) is 0.130. The third-order valence-electron chi connectivity index (χ3n) is 4.35.